The largest absolute Gasteiger partial charge is 0.497 e. The quantitative estimate of drug-likeness (QED) is 0.463. The maximum atomic E-state index is 13.2. The zero-order chi connectivity index (χ0) is 22.8. The second-order valence-corrected chi connectivity index (χ2v) is 7.04. The molecule has 1 N–H and O–H groups in total. The molecule has 4 rings (SSSR count). The average Bonchev–Trinajstić information content (AvgIpc) is 3.46. The van der Waals surface area contributed by atoms with E-state index < -0.39 is 11.9 Å². The lowest BCUT2D eigenvalue weighted by molar-refractivity contribution is 0.0600. The van der Waals surface area contributed by atoms with E-state index >= 15 is 0 Å². The Morgan fingerprint density at radius 1 is 1.03 bits per heavy atom. The third kappa shape index (κ3) is 3.85. The summed E-state index contributed by atoms with van der Waals surface area (Å²) in [4.78, 5) is 37.4. The van der Waals surface area contributed by atoms with E-state index in [1.54, 1.807) is 42.5 Å². The summed E-state index contributed by atoms with van der Waals surface area (Å²) in [7, 11) is 2.81. The number of esters is 1. The highest BCUT2D eigenvalue weighted by atomic mass is 16.5. The van der Waals surface area contributed by atoms with Gasteiger partial charge in [-0.25, -0.2) is 4.79 Å². The first-order chi connectivity index (χ1) is 15.4. The lowest BCUT2D eigenvalue weighted by Crippen LogP contribution is -2.13. The Morgan fingerprint density at radius 2 is 1.84 bits per heavy atom. The molecule has 8 nitrogen and oxygen atoms in total. The van der Waals surface area contributed by atoms with Gasteiger partial charge in [0.05, 0.1) is 37.1 Å². The number of carbonyl (C=O) groups is 3. The van der Waals surface area contributed by atoms with E-state index in [9.17, 15) is 14.4 Å². The first kappa shape index (κ1) is 20.9. The van der Waals surface area contributed by atoms with Crippen molar-refractivity contribution in [2.75, 3.05) is 19.5 Å². The molecule has 0 radical (unpaired) electrons. The van der Waals surface area contributed by atoms with Crippen molar-refractivity contribution in [3.8, 4) is 17.1 Å². The van der Waals surface area contributed by atoms with E-state index in [-0.39, 0.29) is 17.0 Å². The minimum Gasteiger partial charge on any atom is -0.497 e. The molecule has 0 spiro atoms. The summed E-state index contributed by atoms with van der Waals surface area (Å²) in [5.41, 5.74) is 2.10. The number of nitrogens with one attached hydrogen (secondary N) is 1. The van der Waals surface area contributed by atoms with Crippen molar-refractivity contribution in [2.24, 2.45) is 0 Å². The number of anilines is 1. The normalized spacial score (nSPS) is 10.7. The van der Waals surface area contributed by atoms with Crippen LogP contribution in [-0.2, 0) is 4.74 Å². The summed E-state index contributed by atoms with van der Waals surface area (Å²) in [5, 5.41) is 3.37. The van der Waals surface area contributed by atoms with E-state index in [1.165, 1.54) is 44.2 Å². The van der Waals surface area contributed by atoms with Gasteiger partial charge in [0.15, 0.2) is 0 Å². The van der Waals surface area contributed by atoms with Gasteiger partial charge in [-0.05, 0) is 48.5 Å². The van der Waals surface area contributed by atoms with E-state index in [0.29, 0.717) is 33.7 Å². The van der Waals surface area contributed by atoms with Gasteiger partial charge in [0.2, 0.25) is 5.91 Å². The fourth-order valence-electron chi connectivity index (χ4n) is 3.50. The maximum Gasteiger partial charge on any atom is 0.337 e. The number of fused-ring (bicyclic) bond motifs is 1. The van der Waals surface area contributed by atoms with Crippen LogP contribution in [0.15, 0.2) is 65.4 Å². The molecule has 162 valence electrons. The number of aromatic nitrogens is 1. The molecule has 0 aliphatic carbocycles. The monoisotopic (exact) mass is 432 g/mol. The van der Waals surface area contributed by atoms with Gasteiger partial charge >= 0.3 is 5.97 Å². The highest BCUT2D eigenvalue weighted by molar-refractivity contribution is 6.15. The Labute approximate surface area is 183 Å². The SMILES string of the molecule is COC(=O)c1cc(NC(=O)c2cn(C(C)=O)c3ccc(OC)cc23)cc(-c2ccco2)c1. The first-order valence-electron chi connectivity index (χ1n) is 9.70. The molecule has 0 aliphatic rings. The summed E-state index contributed by atoms with van der Waals surface area (Å²) in [6, 6.07) is 13.4. The molecule has 4 aromatic rings. The van der Waals surface area contributed by atoms with Crippen molar-refractivity contribution in [3.63, 3.8) is 0 Å². The minimum absolute atomic E-state index is 0.230. The third-order valence-corrected chi connectivity index (χ3v) is 5.01. The van der Waals surface area contributed by atoms with Gasteiger partial charge in [0, 0.05) is 29.8 Å². The molecule has 2 heterocycles. The number of rotatable bonds is 5. The molecule has 0 saturated carbocycles. The van der Waals surface area contributed by atoms with E-state index in [2.05, 4.69) is 5.32 Å². The molecule has 2 aromatic heterocycles. The molecular formula is C24H20N2O6. The van der Waals surface area contributed by atoms with Crippen LogP contribution in [0.5, 0.6) is 5.75 Å². The molecule has 2 aromatic carbocycles. The van der Waals surface area contributed by atoms with E-state index in [4.69, 9.17) is 13.9 Å². The summed E-state index contributed by atoms with van der Waals surface area (Å²) >= 11 is 0. The van der Waals surface area contributed by atoms with Crippen molar-refractivity contribution in [1.29, 1.82) is 0 Å². The zero-order valence-corrected chi connectivity index (χ0v) is 17.7. The number of ether oxygens (including phenoxy) is 2. The lowest BCUT2D eigenvalue weighted by Gasteiger charge is -2.09. The standard InChI is InChI=1S/C24H20N2O6/c1-14(27)26-13-20(19-12-18(30-2)6-7-21(19)26)23(28)25-17-10-15(22-5-4-8-32-22)9-16(11-17)24(29)31-3/h4-13H,1-3H3,(H,25,28). The maximum absolute atomic E-state index is 13.2. The van der Waals surface area contributed by atoms with Gasteiger partial charge in [-0.3, -0.25) is 14.2 Å². The summed E-state index contributed by atoms with van der Waals surface area (Å²) in [5.74, 6) is -0.140. The van der Waals surface area contributed by atoms with Crippen LogP contribution in [0.25, 0.3) is 22.2 Å². The number of carbonyl (C=O) groups excluding carboxylic acids is 3. The van der Waals surface area contributed by atoms with Crippen molar-refractivity contribution < 1.29 is 28.3 Å². The Kier molecular flexibility index (Phi) is 5.51. The van der Waals surface area contributed by atoms with Crippen LogP contribution >= 0.6 is 0 Å². The highest BCUT2D eigenvalue weighted by Crippen LogP contribution is 2.29. The molecule has 8 heteroatoms. The van der Waals surface area contributed by atoms with Gasteiger partial charge in [0.1, 0.15) is 11.5 Å². The van der Waals surface area contributed by atoms with E-state index in [1.807, 2.05) is 0 Å². The predicted molar refractivity (Wildman–Crippen MR) is 118 cm³/mol. The Bertz CT molecular complexity index is 1330. The van der Waals surface area contributed by atoms with Crippen LogP contribution < -0.4 is 10.1 Å². The minimum atomic E-state index is -0.549. The van der Waals surface area contributed by atoms with Crippen molar-refractivity contribution in [1.82, 2.24) is 4.57 Å². The van der Waals surface area contributed by atoms with Crippen LogP contribution in [0.3, 0.4) is 0 Å². The predicted octanol–water partition coefficient (Wildman–Crippen LogP) is 4.61. The molecule has 0 unspecified atom stereocenters. The van der Waals surface area contributed by atoms with Gasteiger partial charge in [0.25, 0.3) is 5.91 Å². The fraction of sp³-hybridized carbons (Fsp3) is 0.125. The van der Waals surface area contributed by atoms with Crippen molar-refractivity contribution >= 4 is 34.4 Å². The van der Waals surface area contributed by atoms with Gasteiger partial charge < -0.3 is 19.2 Å². The number of furan rings is 1. The first-order valence-corrected chi connectivity index (χ1v) is 9.70. The molecule has 32 heavy (non-hydrogen) atoms. The van der Waals surface area contributed by atoms with Crippen LogP contribution in [0.4, 0.5) is 5.69 Å². The van der Waals surface area contributed by atoms with Crippen molar-refractivity contribution in [2.45, 2.75) is 6.92 Å². The topological polar surface area (TPSA) is 99.8 Å². The van der Waals surface area contributed by atoms with E-state index in [0.717, 1.165) is 0 Å². The number of methoxy groups -OCH3 is 2. The summed E-state index contributed by atoms with van der Waals surface area (Å²) in [6.45, 7) is 1.42. The Hall–Kier alpha value is -4.33. The number of hydrogen-bond acceptors (Lipinski definition) is 6. The van der Waals surface area contributed by atoms with Crippen LogP contribution in [0.2, 0.25) is 0 Å². The second-order valence-electron chi connectivity index (χ2n) is 7.04. The van der Waals surface area contributed by atoms with Gasteiger partial charge in [-0.2, -0.15) is 0 Å². The zero-order valence-electron chi connectivity index (χ0n) is 17.7. The summed E-state index contributed by atoms with van der Waals surface area (Å²) in [6.07, 6.45) is 3.00. The highest BCUT2D eigenvalue weighted by Gasteiger charge is 2.19. The molecule has 0 aliphatic heterocycles. The number of hydrogen-bond donors (Lipinski definition) is 1. The fourth-order valence-corrected chi connectivity index (χ4v) is 3.50. The molecule has 0 saturated heterocycles. The molecule has 0 fully saturated rings. The molecule has 0 atom stereocenters. The number of amides is 1. The lowest BCUT2D eigenvalue weighted by atomic mass is 10.1. The van der Waals surface area contributed by atoms with Gasteiger partial charge in [-0.1, -0.05) is 0 Å². The Balaban J connectivity index is 1.77. The van der Waals surface area contributed by atoms with Gasteiger partial charge in [-0.15, -0.1) is 0 Å². The smallest absolute Gasteiger partial charge is 0.337 e. The van der Waals surface area contributed by atoms with Crippen LogP contribution in [0, 0.1) is 0 Å². The number of benzene rings is 2. The molecule has 1 amide bonds. The van der Waals surface area contributed by atoms with Crippen molar-refractivity contribution in [3.05, 3.63) is 72.1 Å². The molecular weight excluding hydrogens is 412 g/mol. The third-order valence-electron chi connectivity index (χ3n) is 5.01. The Morgan fingerprint density at radius 3 is 2.50 bits per heavy atom. The van der Waals surface area contributed by atoms with Crippen LogP contribution in [0.1, 0.15) is 32.4 Å². The molecule has 0 bridgehead atoms. The average molecular weight is 432 g/mol. The second kappa shape index (κ2) is 8.43. The van der Waals surface area contributed by atoms with Crippen LogP contribution in [-0.4, -0.2) is 36.6 Å². The number of nitrogens with zero attached hydrogens (tertiary/aromatic N) is 1. The summed E-state index contributed by atoms with van der Waals surface area (Å²) < 4.78 is 16.9.